The Labute approximate surface area is 163 Å². The average molecular weight is 403 g/mol. The molecule has 0 N–H and O–H groups in total. The third-order valence-electron chi connectivity index (χ3n) is 4.71. The molecule has 4 rings (SSSR count). The topological polar surface area (TPSA) is 66.4 Å². The first kappa shape index (κ1) is 18.2. The van der Waals surface area contributed by atoms with Crippen molar-refractivity contribution in [3.05, 3.63) is 59.2 Å². The van der Waals surface area contributed by atoms with Crippen LogP contribution in [-0.2, 0) is 10.0 Å². The Morgan fingerprint density at radius 1 is 0.889 bits per heavy atom. The Bertz CT molecular complexity index is 1080. The van der Waals surface area contributed by atoms with Crippen molar-refractivity contribution in [1.82, 2.24) is 14.3 Å². The number of halogens is 1. The fraction of sp³-hybridized carbons (Fsp3) is 0.263. The fourth-order valence-electron chi connectivity index (χ4n) is 3.27. The molecule has 0 saturated carbocycles. The number of aromatic nitrogens is 2. The van der Waals surface area contributed by atoms with Crippen molar-refractivity contribution in [3.8, 4) is 0 Å². The predicted octanol–water partition coefficient (Wildman–Crippen LogP) is 3.10. The highest BCUT2D eigenvalue weighted by atomic mass is 35.5. The van der Waals surface area contributed by atoms with Crippen molar-refractivity contribution >= 4 is 38.5 Å². The van der Waals surface area contributed by atoms with Crippen molar-refractivity contribution in [1.29, 1.82) is 0 Å². The first-order valence-corrected chi connectivity index (χ1v) is 10.5. The molecule has 0 aliphatic carbocycles. The lowest BCUT2D eigenvalue weighted by Gasteiger charge is -2.35. The largest absolute Gasteiger partial charge is 0.352 e. The maximum Gasteiger partial charge on any atom is 0.243 e. The SMILES string of the molecule is Cc1nc2ccccc2nc1N1CCN(S(=O)(=O)c2ccc(Cl)cc2)CC1. The molecule has 3 aromatic rings. The van der Waals surface area contributed by atoms with Gasteiger partial charge in [-0.15, -0.1) is 0 Å². The number of aryl methyl sites for hydroxylation is 1. The van der Waals surface area contributed by atoms with Gasteiger partial charge in [0.1, 0.15) is 0 Å². The van der Waals surface area contributed by atoms with E-state index in [-0.39, 0.29) is 4.90 Å². The number of rotatable bonds is 3. The second-order valence-electron chi connectivity index (χ2n) is 6.47. The number of fused-ring (bicyclic) bond motifs is 1. The van der Waals surface area contributed by atoms with E-state index in [4.69, 9.17) is 16.6 Å². The van der Waals surface area contributed by atoms with E-state index in [0.29, 0.717) is 31.2 Å². The van der Waals surface area contributed by atoms with Crippen LogP contribution in [0.4, 0.5) is 5.82 Å². The molecule has 1 fully saturated rings. The standard InChI is InChI=1S/C19H19ClN4O2S/c1-14-19(22-18-5-3-2-4-17(18)21-14)23-10-12-24(13-11-23)27(25,26)16-8-6-15(20)7-9-16/h2-9H,10-13H2,1H3. The van der Waals surface area contributed by atoms with E-state index in [1.807, 2.05) is 31.2 Å². The van der Waals surface area contributed by atoms with Crippen molar-refractivity contribution in [3.63, 3.8) is 0 Å². The molecule has 1 aliphatic rings. The van der Waals surface area contributed by atoms with Crippen LogP contribution in [0, 0.1) is 6.92 Å². The summed E-state index contributed by atoms with van der Waals surface area (Å²) in [6, 6.07) is 14.0. The zero-order chi connectivity index (χ0) is 19.0. The van der Waals surface area contributed by atoms with Gasteiger partial charge in [0.05, 0.1) is 21.6 Å². The zero-order valence-electron chi connectivity index (χ0n) is 14.8. The lowest BCUT2D eigenvalue weighted by molar-refractivity contribution is 0.383. The summed E-state index contributed by atoms with van der Waals surface area (Å²) in [6.07, 6.45) is 0. The van der Waals surface area contributed by atoms with Crippen LogP contribution in [0.15, 0.2) is 53.4 Å². The minimum atomic E-state index is -3.52. The maximum absolute atomic E-state index is 12.8. The summed E-state index contributed by atoms with van der Waals surface area (Å²) in [6.45, 7) is 3.88. The molecule has 1 saturated heterocycles. The molecule has 1 aliphatic heterocycles. The second-order valence-corrected chi connectivity index (χ2v) is 8.84. The van der Waals surface area contributed by atoms with Gasteiger partial charge in [0.25, 0.3) is 0 Å². The lowest BCUT2D eigenvalue weighted by Crippen LogP contribution is -2.49. The molecule has 0 amide bonds. The maximum atomic E-state index is 12.8. The number of hydrogen-bond acceptors (Lipinski definition) is 5. The van der Waals surface area contributed by atoms with Crippen molar-refractivity contribution in [2.45, 2.75) is 11.8 Å². The lowest BCUT2D eigenvalue weighted by atomic mass is 10.2. The first-order valence-electron chi connectivity index (χ1n) is 8.69. The van der Waals surface area contributed by atoms with Crippen LogP contribution in [0.25, 0.3) is 11.0 Å². The summed E-state index contributed by atoms with van der Waals surface area (Å²) in [4.78, 5) is 11.7. The third-order valence-corrected chi connectivity index (χ3v) is 6.87. The van der Waals surface area contributed by atoms with Crippen molar-refractivity contribution < 1.29 is 8.42 Å². The quantitative estimate of drug-likeness (QED) is 0.673. The number of nitrogens with zero attached hydrogens (tertiary/aromatic N) is 4. The Morgan fingerprint density at radius 3 is 2.11 bits per heavy atom. The normalized spacial score (nSPS) is 16.0. The summed E-state index contributed by atoms with van der Waals surface area (Å²) in [7, 11) is -3.52. The molecule has 140 valence electrons. The number of anilines is 1. The molecule has 27 heavy (non-hydrogen) atoms. The van der Waals surface area contributed by atoms with Gasteiger partial charge >= 0.3 is 0 Å². The van der Waals surface area contributed by atoms with E-state index in [1.165, 1.54) is 4.31 Å². The third kappa shape index (κ3) is 3.50. The molecule has 0 unspecified atom stereocenters. The van der Waals surface area contributed by atoms with Crippen LogP contribution in [0.5, 0.6) is 0 Å². The molecular formula is C19H19ClN4O2S. The zero-order valence-corrected chi connectivity index (χ0v) is 16.4. The minimum absolute atomic E-state index is 0.266. The first-order chi connectivity index (χ1) is 12.9. The number of hydrogen-bond donors (Lipinski definition) is 0. The van der Waals surface area contributed by atoms with Gasteiger partial charge in [-0.1, -0.05) is 23.7 Å². The highest BCUT2D eigenvalue weighted by Gasteiger charge is 2.29. The van der Waals surface area contributed by atoms with Crippen molar-refractivity contribution in [2.75, 3.05) is 31.1 Å². The molecule has 0 bridgehead atoms. The van der Waals surface area contributed by atoms with E-state index >= 15 is 0 Å². The molecule has 6 nitrogen and oxygen atoms in total. The van der Waals surface area contributed by atoms with E-state index in [0.717, 1.165) is 22.5 Å². The van der Waals surface area contributed by atoms with Crippen LogP contribution >= 0.6 is 11.6 Å². The predicted molar refractivity (Wildman–Crippen MR) is 107 cm³/mol. The molecule has 0 atom stereocenters. The second kappa shape index (κ2) is 7.07. The van der Waals surface area contributed by atoms with Gasteiger partial charge in [0.15, 0.2) is 5.82 Å². The fourth-order valence-corrected chi connectivity index (χ4v) is 4.82. The monoisotopic (exact) mass is 402 g/mol. The van der Waals surface area contributed by atoms with E-state index < -0.39 is 10.0 Å². The summed E-state index contributed by atoms with van der Waals surface area (Å²) in [5.74, 6) is 0.817. The van der Waals surface area contributed by atoms with Gasteiger partial charge in [-0.25, -0.2) is 18.4 Å². The van der Waals surface area contributed by atoms with Crippen LogP contribution in [0.1, 0.15) is 5.69 Å². The molecule has 2 heterocycles. The van der Waals surface area contributed by atoms with Crippen LogP contribution in [-0.4, -0.2) is 48.9 Å². The Balaban J connectivity index is 1.54. The molecule has 2 aromatic carbocycles. The van der Waals surface area contributed by atoms with Gasteiger partial charge < -0.3 is 4.90 Å². The summed E-state index contributed by atoms with van der Waals surface area (Å²) < 4.78 is 27.2. The Kier molecular flexibility index (Phi) is 4.75. The summed E-state index contributed by atoms with van der Waals surface area (Å²) in [5, 5.41) is 0.518. The van der Waals surface area contributed by atoms with Crippen LogP contribution < -0.4 is 4.90 Å². The van der Waals surface area contributed by atoms with Gasteiger partial charge in [-0.2, -0.15) is 4.31 Å². The molecule has 8 heteroatoms. The van der Waals surface area contributed by atoms with Crippen molar-refractivity contribution in [2.24, 2.45) is 0 Å². The molecule has 0 spiro atoms. The number of para-hydroxylation sites is 2. The molecule has 1 aromatic heterocycles. The van der Waals surface area contributed by atoms with Crippen LogP contribution in [0.2, 0.25) is 5.02 Å². The average Bonchev–Trinajstić information content (AvgIpc) is 2.68. The van der Waals surface area contributed by atoms with E-state index in [9.17, 15) is 8.42 Å². The summed E-state index contributed by atoms with van der Waals surface area (Å²) >= 11 is 5.86. The van der Waals surface area contributed by atoms with Gasteiger partial charge in [-0.05, 0) is 43.3 Å². The van der Waals surface area contributed by atoms with Crippen LogP contribution in [0.3, 0.4) is 0 Å². The highest BCUT2D eigenvalue weighted by molar-refractivity contribution is 7.89. The van der Waals surface area contributed by atoms with Gasteiger partial charge in [0, 0.05) is 31.2 Å². The summed E-state index contributed by atoms with van der Waals surface area (Å²) in [5.41, 5.74) is 2.56. The minimum Gasteiger partial charge on any atom is -0.352 e. The van der Waals surface area contributed by atoms with Gasteiger partial charge in [-0.3, -0.25) is 0 Å². The van der Waals surface area contributed by atoms with E-state index in [2.05, 4.69) is 9.88 Å². The Morgan fingerprint density at radius 2 is 1.48 bits per heavy atom. The number of sulfonamides is 1. The Hall–Kier alpha value is -2.22. The molecular weight excluding hydrogens is 384 g/mol. The highest BCUT2D eigenvalue weighted by Crippen LogP contribution is 2.24. The molecule has 0 radical (unpaired) electrons. The number of piperazine rings is 1. The number of benzene rings is 2. The van der Waals surface area contributed by atoms with E-state index in [1.54, 1.807) is 24.3 Å². The smallest absolute Gasteiger partial charge is 0.243 e. The van der Waals surface area contributed by atoms with Gasteiger partial charge in [0.2, 0.25) is 10.0 Å².